The summed E-state index contributed by atoms with van der Waals surface area (Å²) in [5.41, 5.74) is 1.00. The molecule has 0 unspecified atom stereocenters. The summed E-state index contributed by atoms with van der Waals surface area (Å²) in [7, 11) is -0.142. The van der Waals surface area contributed by atoms with Crippen molar-refractivity contribution in [3.63, 3.8) is 0 Å². The fourth-order valence-corrected chi connectivity index (χ4v) is 4.99. The number of halogens is 1. The van der Waals surface area contributed by atoms with Crippen LogP contribution in [0.3, 0.4) is 0 Å². The maximum absolute atomic E-state index is 11.6. The third-order valence-corrected chi connectivity index (χ3v) is 11.0. The highest BCUT2D eigenvalue weighted by Crippen LogP contribution is 2.38. The van der Waals surface area contributed by atoms with Crippen LogP contribution in [0.5, 0.6) is 0 Å². The quantitative estimate of drug-likeness (QED) is 0.597. The molecule has 1 aromatic rings. The molecule has 1 aromatic carbocycles. The predicted octanol–water partition coefficient (Wildman–Crippen LogP) is 5.20. The summed E-state index contributed by atoms with van der Waals surface area (Å²) in [4.78, 5) is 15.4. The molecule has 0 radical (unpaired) electrons. The van der Waals surface area contributed by atoms with Crippen LogP contribution in [0.2, 0.25) is 18.1 Å². The second-order valence-corrected chi connectivity index (χ2v) is 14.7. The molecule has 1 amide bonds. The SMILES string of the molecule is CN(C(=O)O)[C@H](CN1CC[C@H](O[Si](C)(C)C(C)(C)C)C1)c1cccc(Br)c1. The molecule has 0 aliphatic carbocycles. The Morgan fingerprint density at radius 2 is 2.11 bits per heavy atom. The second kappa shape index (κ2) is 8.63. The molecule has 1 heterocycles. The Kier molecular flexibility index (Phi) is 7.16. The molecule has 1 saturated heterocycles. The first-order chi connectivity index (χ1) is 12.4. The first-order valence-corrected chi connectivity index (χ1v) is 13.2. The van der Waals surface area contributed by atoms with Crippen LogP contribution in [0.4, 0.5) is 4.79 Å². The van der Waals surface area contributed by atoms with Crippen molar-refractivity contribution in [2.75, 3.05) is 26.7 Å². The average Bonchev–Trinajstić information content (AvgIpc) is 2.97. The highest BCUT2D eigenvalue weighted by Gasteiger charge is 2.40. The van der Waals surface area contributed by atoms with Gasteiger partial charge in [-0.1, -0.05) is 48.8 Å². The van der Waals surface area contributed by atoms with E-state index in [9.17, 15) is 9.90 Å². The van der Waals surface area contributed by atoms with E-state index < -0.39 is 14.4 Å². The zero-order valence-corrected chi connectivity index (χ0v) is 19.9. The van der Waals surface area contributed by atoms with Gasteiger partial charge in [-0.05, 0) is 42.2 Å². The molecule has 1 aliphatic heterocycles. The van der Waals surface area contributed by atoms with E-state index in [4.69, 9.17) is 4.43 Å². The first-order valence-electron chi connectivity index (χ1n) is 9.52. The molecule has 0 saturated carbocycles. The third-order valence-electron chi connectivity index (χ3n) is 5.93. The molecule has 27 heavy (non-hydrogen) atoms. The Morgan fingerprint density at radius 3 is 2.67 bits per heavy atom. The molecular formula is C20H33BrN2O3Si. The number of likely N-dealkylation sites (N-methyl/N-ethyl adjacent to an activating group) is 1. The van der Waals surface area contributed by atoms with Crippen LogP contribution in [0.15, 0.2) is 28.7 Å². The molecule has 0 spiro atoms. The van der Waals surface area contributed by atoms with Crippen LogP contribution in [0, 0.1) is 0 Å². The zero-order valence-electron chi connectivity index (χ0n) is 17.3. The van der Waals surface area contributed by atoms with Gasteiger partial charge in [-0.25, -0.2) is 4.79 Å². The summed E-state index contributed by atoms with van der Waals surface area (Å²) < 4.78 is 7.53. The lowest BCUT2D eigenvalue weighted by molar-refractivity contribution is 0.121. The Bertz CT molecular complexity index is 663. The maximum atomic E-state index is 11.6. The second-order valence-electron chi connectivity index (χ2n) is 9.01. The number of hydrogen-bond donors (Lipinski definition) is 1. The normalized spacial score (nSPS) is 19.9. The lowest BCUT2D eigenvalue weighted by Crippen LogP contribution is -2.45. The summed E-state index contributed by atoms with van der Waals surface area (Å²) >= 11 is 3.50. The topological polar surface area (TPSA) is 53.0 Å². The number of amides is 1. The van der Waals surface area contributed by atoms with Crippen molar-refractivity contribution < 1.29 is 14.3 Å². The number of hydrogen-bond acceptors (Lipinski definition) is 3. The van der Waals surface area contributed by atoms with E-state index in [0.29, 0.717) is 6.54 Å². The van der Waals surface area contributed by atoms with Crippen LogP contribution >= 0.6 is 15.9 Å². The summed E-state index contributed by atoms with van der Waals surface area (Å²) in [6.45, 7) is 13.8. The van der Waals surface area contributed by atoms with Gasteiger partial charge in [-0.2, -0.15) is 0 Å². The standard InChI is InChI=1S/C20H33BrN2O3Si/c1-20(2,3)27(5,6)26-17-10-11-23(13-17)14-18(22(4)19(24)25)15-8-7-9-16(21)12-15/h7-9,12,17-18H,10-11,13-14H2,1-6H3,(H,24,25)/t17-,18+/m0/s1. The highest BCUT2D eigenvalue weighted by molar-refractivity contribution is 9.10. The van der Waals surface area contributed by atoms with Crippen LogP contribution in [0.1, 0.15) is 38.8 Å². The van der Waals surface area contributed by atoms with Crippen molar-refractivity contribution in [2.24, 2.45) is 0 Å². The monoisotopic (exact) mass is 456 g/mol. The van der Waals surface area contributed by atoms with E-state index in [1.54, 1.807) is 7.05 Å². The Balaban J connectivity index is 2.08. The van der Waals surface area contributed by atoms with Crippen LogP contribution in [0.25, 0.3) is 0 Å². The van der Waals surface area contributed by atoms with E-state index in [1.807, 2.05) is 24.3 Å². The van der Waals surface area contributed by atoms with Gasteiger partial charge in [0.15, 0.2) is 8.32 Å². The van der Waals surface area contributed by atoms with Gasteiger partial charge < -0.3 is 14.4 Å². The maximum Gasteiger partial charge on any atom is 0.407 e. The van der Waals surface area contributed by atoms with E-state index >= 15 is 0 Å². The number of carbonyl (C=O) groups is 1. The minimum Gasteiger partial charge on any atom is -0.465 e. The summed E-state index contributed by atoms with van der Waals surface area (Å²) in [5, 5.41) is 9.73. The molecule has 152 valence electrons. The Hall–Kier alpha value is -0.893. The van der Waals surface area contributed by atoms with Crippen molar-refractivity contribution in [3.8, 4) is 0 Å². The molecule has 1 N–H and O–H groups in total. The van der Waals surface area contributed by atoms with Gasteiger partial charge in [-0.3, -0.25) is 4.90 Å². The van der Waals surface area contributed by atoms with E-state index in [0.717, 1.165) is 29.5 Å². The highest BCUT2D eigenvalue weighted by atomic mass is 79.9. The third kappa shape index (κ3) is 5.79. The van der Waals surface area contributed by atoms with Crippen LogP contribution in [-0.4, -0.2) is 62.1 Å². The van der Waals surface area contributed by atoms with E-state index in [1.165, 1.54) is 4.90 Å². The lowest BCUT2D eigenvalue weighted by atomic mass is 10.1. The molecule has 1 aliphatic rings. The Morgan fingerprint density at radius 1 is 1.44 bits per heavy atom. The largest absolute Gasteiger partial charge is 0.465 e. The Labute approximate surface area is 172 Å². The van der Waals surface area contributed by atoms with Crippen molar-refractivity contribution in [1.82, 2.24) is 9.80 Å². The minimum absolute atomic E-state index is 0.197. The number of likely N-dealkylation sites (tertiary alicyclic amines) is 1. The predicted molar refractivity (Wildman–Crippen MR) is 116 cm³/mol. The van der Waals surface area contributed by atoms with Crippen molar-refractivity contribution in [3.05, 3.63) is 34.3 Å². The van der Waals surface area contributed by atoms with Crippen molar-refractivity contribution in [1.29, 1.82) is 0 Å². The fraction of sp³-hybridized carbons (Fsp3) is 0.650. The van der Waals surface area contributed by atoms with Gasteiger partial charge in [0.25, 0.3) is 0 Å². The van der Waals surface area contributed by atoms with Gasteiger partial charge in [-0.15, -0.1) is 0 Å². The molecule has 2 atom stereocenters. The zero-order chi connectivity index (χ0) is 20.4. The molecule has 1 fully saturated rings. The number of benzene rings is 1. The first kappa shape index (κ1) is 22.4. The molecule has 5 nitrogen and oxygen atoms in total. The fourth-order valence-electron chi connectivity index (χ4n) is 3.20. The molecule has 2 rings (SSSR count). The van der Waals surface area contributed by atoms with Gasteiger partial charge in [0.1, 0.15) is 0 Å². The summed E-state index contributed by atoms with van der Waals surface area (Å²) in [6, 6.07) is 7.71. The van der Waals surface area contributed by atoms with Gasteiger partial charge in [0, 0.05) is 31.2 Å². The van der Waals surface area contributed by atoms with Gasteiger partial charge in [0.2, 0.25) is 0 Å². The van der Waals surface area contributed by atoms with Crippen molar-refractivity contribution >= 4 is 30.3 Å². The molecule has 7 heteroatoms. The number of rotatable bonds is 6. The van der Waals surface area contributed by atoms with E-state index in [-0.39, 0.29) is 17.2 Å². The molecule has 0 bridgehead atoms. The smallest absolute Gasteiger partial charge is 0.407 e. The summed E-state index contributed by atoms with van der Waals surface area (Å²) in [6.07, 6.45) is 0.339. The minimum atomic E-state index is -1.79. The molecule has 0 aromatic heterocycles. The number of carboxylic acid groups (broad SMARTS) is 1. The lowest BCUT2D eigenvalue weighted by Gasteiger charge is -2.38. The van der Waals surface area contributed by atoms with Crippen molar-refractivity contribution in [2.45, 2.75) is 57.5 Å². The van der Waals surface area contributed by atoms with E-state index in [2.05, 4.69) is 54.7 Å². The average molecular weight is 457 g/mol. The number of nitrogens with zero attached hydrogens (tertiary/aromatic N) is 2. The molecular weight excluding hydrogens is 424 g/mol. The van der Waals surface area contributed by atoms with Gasteiger partial charge >= 0.3 is 6.09 Å². The van der Waals surface area contributed by atoms with Crippen LogP contribution < -0.4 is 0 Å². The van der Waals surface area contributed by atoms with Gasteiger partial charge in [0.05, 0.1) is 12.1 Å². The van der Waals surface area contributed by atoms with Crippen LogP contribution in [-0.2, 0) is 4.43 Å². The summed E-state index contributed by atoms with van der Waals surface area (Å²) in [5.74, 6) is 0.